The molecule has 0 bridgehead atoms. The van der Waals surface area contributed by atoms with Gasteiger partial charge in [-0.2, -0.15) is 0 Å². The Hall–Kier alpha value is -2.44. The van der Waals surface area contributed by atoms with Crippen LogP contribution in [-0.4, -0.2) is 28.8 Å². The van der Waals surface area contributed by atoms with E-state index in [1.165, 1.54) is 43.0 Å². The Morgan fingerprint density at radius 3 is 2.46 bits per heavy atom. The van der Waals surface area contributed by atoms with E-state index in [0.717, 1.165) is 19.6 Å². The number of rotatable bonds is 5. The highest BCUT2D eigenvalue weighted by molar-refractivity contribution is 6.32. The normalized spacial score (nSPS) is 14.8. The smallest absolute Gasteiger partial charge is 0.288 e. The van der Waals surface area contributed by atoms with Gasteiger partial charge in [-0.3, -0.25) is 19.8 Å². The van der Waals surface area contributed by atoms with Crippen LogP contribution in [0.25, 0.3) is 0 Å². The van der Waals surface area contributed by atoms with Crippen LogP contribution in [0.2, 0.25) is 5.02 Å². The van der Waals surface area contributed by atoms with Crippen LogP contribution in [-0.2, 0) is 6.54 Å². The van der Waals surface area contributed by atoms with Crippen molar-refractivity contribution in [2.75, 3.05) is 18.4 Å². The molecule has 1 heterocycles. The molecule has 136 valence electrons. The molecule has 0 radical (unpaired) electrons. The number of amides is 1. The molecule has 0 atom stereocenters. The number of hydrogen-bond donors (Lipinski definition) is 1. The highest BCUT2D eigenvalue weighted by Gasteiger charge is 2.16. The fraction of sp³-hybridized carbons (Fsp3) is 0.316. The maximum atomic E-state index is 12.3. The number of nitro groups is 1. The third-order valence-electron chi connectivity index (χ3n) is 4.47. The van der Waals surface area contributed by atoms with E-state index in [1.807, 2.05) is 24.3 Å². The van der Waals surface area contributed by atoms with E-state index in [4.69, 9.17) is 11.6 Å². The average Bonchev–Trinajstić information content (AvgIpc) is 2.64. The number of anilines is 1. The van der Waals surface area contributed by atoms with E-state index >= 15 is 0 Å². The van der Waals surface area contributed by atoms with E-state index in [-0.39, 0.29) is 16.3 Å². The van der Waals surface area contributed by atoms with E-state index in [1.54, 1.807) is 0 Å². The predicted octanol–water partition coefficient (Wildman–Crippen LogP) is 4.49. The number of nitrogens with one attached hydrogen (secondary N) is 1. The van der Waals surface area contributed by atoms with Crippen LogP contribution < -0.4 is 5.32 Å². The molecule has 2 aromatic carbocycles. The van der Waals surface area contributed by atoms with Crippen LogP contribution in [0.1, 0.15) is 35.2 Å². The Kier molecular flexibility index (Phi) is 5.85. The third-order valence-corrected chi connectivity index (χ3v) is 4.79. The molecule has 3 rings (SSSR count). The number of halogens is 1. The topological polar surface area (TPSA) is 75.5 Å². The summed E-state index contributed by atoms with van der Waals surface area (Å²) in [6, 6.07) is 11.7. The van der Waals surface area contributed by atoms with Gasteiger partial charge in [0.25, 0.3) is 11.6 Å². The van der Waals surface area contributed by atoms with Crippen LogP contribution in [0.3, 0.4) is 0 Å². The van der Waals surface area contributed by atoms with Gasteiger partial charge in [0.1, 0.15) is 5.02 Å². The molecule has 0 spiro atoms. The molecular weight excluding hydrogens is 354 g/mol. The summed E-state index contributed by atoms with van der Waals surface area (Å²) < 4.78 is 0. The van der Waals surface area contributed by atoms with Crippen molar-refractivity contribution in [3.05, 3.63) is 68.7 Å². The molecular formula is C19H20ClN3O3. The minimum absolute atomic E-state index is 0.00798. The summed E-state index contributed by atoms with van der Waals surface area (Å²) in [6.45, 7) is 3.18. The third kappa shape index (κ3) is 4.59. The van der Waals surface area contributed by atoms with Gasteiger partial charge in [0.15, 0.2) is 0 Å². The summed E-state index contributed by atoms with van der Waals surface area (Å²) in [5, 5.41) is 13.7. The average molecular weight is 374 g/mol. The van der Waals surface area contributed by atoms with Crippen molar-refractivity contribution in [3.8, 4) is 0 Å². The number of piperidine rings is 1. The molecule has 2 aromatic rings. The summed E-state index contributed by atoms with van der Waals surface area (Å²) >= 11 is 5.78. The Morgan fingerprint density at radius 1 is 1.12 bits per heavy atom. The van der Waals surface area contributed by atoms with Crippen LogP contribution in [0.5, 0.6) is 0 Å². The van der Waals surface area contributed by atoms with Crippen LogP contribution >= 0.6 is 11.6 Å². The fourth-order valence-electron chi connectivity index (χ4n) is 3.07. The van der Waals surface area contributed by atoms with Gasteiger partial charge in [-0.1, -0.05) is 30.2 Å². The van der Waals surface area contributed by atoms with Crippen LogP contribution in [0.15, 0.2) is 42.5 Å². The second-order valence-corrected chi connectivity index (χ2v) is 6.82. The molecule has 1 aliphatic rings. The minimum Gasteiger partial charge on any atom is -0.322 e. The number of benzene rings is 2. The van der Waals surface area contributed by atoms with Crippen LogP contribution in [0, 0.1) is 10.1 Å². The van der Waals surface area contributed by atoms with E-state index < -0.39 is 10.8 Å². The summed E-state index contributed by atoms with van der Waals surface area (Å²) in [6.07, 6.45) is 3.81. The van der Waals surface area contributed by atoms with Gasteiger partial charge < -0.3 is 5.32 Å². The Morgan fingerprint density at radius 2 is 1.81 bits per heavy atom. The van der Waals surface area contributed by atoms with Crippen molar-refractivity contribution in [1.82, 2.24) is 4.90 Å². The van der Waals surface area contributed by atoms with Crippen molar-refractivity contribution in [2.24, 2.45) is 0 Å². The van der Waals surface area contributed by atoms with Crippen molar-refractivity contribution < 1.29 is 9.72 Å². The maximum Gasteiger partial charge on any atom is 0.288 e. The van der Waals surface area contributed by atoms with Gasteiger partial charge in [-0.25, -0.2) is 0 Å². The Balaban J connectivity index is 1.64. The monoisotopic (exact) mass is 373 g/mol. The van der Waals surface area contributed by atoms with Crippen LogP contribution in [0.4, 0.5) is 11.4 Å². The molecule has 0 saturated carbocycles. The quantitative estimate of drug-likeness (QED) is 0.619. The van der Waals surface area contributed by atoms with E-state index in [2.05, 4.69) is 10.2 Å². The fourth-order valence-corrected chi connectivity index (χ4v) is 3.25. The standard InChI is InChI=1S/C19H20ClN3O3/c20-17-9-6-15(12-18(17)23(25)26)19(24)21-16-7-4-14(5-8-16)13-22-10-2-1-3-11-22/h4-9,12H,1-3,10-11,13H2,(H,21,24). The first kappa shape index (κ1) is 18.4. The summed E-state index contributed by atoms with van der Waals surface area (Å²) in [4.78, 5) is 25.1. The number of carbonyl (C=O) groups excluding carboxylic acids is 1. The molecule has 1 saturated heterocycles. The lowest BCUT2D eigenvalue weighted by Crippen LogP contribution is -2.29. The molecule has 1 N–H and O–H groups in total. The van der Waals surface area contributed by atoms with E-state index in [9.17, 15) is 14.9 Å². The largest absolute Gasteiger partial charge is 0.322 e. The van der Waals surface area contributed by atoms with Gasteiger partial charge in [0.05, 0.1) is 4.92 Å². The maximum absolute atomic E-state index is 12.3. The lowest BCUT2D eigenvalue weighted by Gasteiger charge is -2.26. The van der Waals surface area contributed by atoms with Gasteiger partial charge in [-0.05, 0) is 55.8 Å². The van der Waals surface area contributed by atoms with Crippen molar-refractivity contribution in [2.45, 2.75) is 25.8 Å². The summed E-state index contributed by atoms with van der Waals surface area (Å²) in [7, 11) is 0. The lowest BCUT2D eigenvalue weighted by molar-refractivity contribution is -0.384. The molecule has 6 nitrogen and oxygen atoms in total. The first-order chi connectivity index (χ1) is 12.5. The zero-order valence-electron chi connectivity index (χ0n) is 14.3. The number of nitrogens with zero attached hydrogens (tertiary/aromatic N) is 2. The Bertz CT molecular complexity index is 802. The number of nitro benzene ring substituents is 1. The molecule has 0 aromatic heterocycles. The zero-order valence-corrected chi connectivity index (χ0v) is 15.0. The highest BCUT2D eigenvalue weighted by atomic mass is 35.5. The highest BCUT2D eigenvalue weighted by Crippen LogP contribution is 2.25. The predicted molar refractivity (Wildman–Crippen MR) is 102 cm³/mol. The molecule has 26 heavy (non-hydrogen) atoms. The number of likely N-dealkylation sites (tertiary alicyclic amines) is 1. The second-order valence-electron chi connectivity index (χ2n) is 6.41. The summed E-state index contributed by atoms with van der Waals surface area (Å²) in [5.74, 6) is -0.409. The molecule has 0 unspecified atom stereocenters. The zero-order chi connectivity index (χ0) is 18.5. The van der Waals surface area contributed by atoms with Gasteiger partial charge in [0, 0.05) is 23.9 Å². The molecule has 0 aliphatic carbocycles. The minimum atomic E-state index is -0.603. The molecule has 1 amide bonds. The first-order valence-corrected chi connectivity index (χ1v) is 8.97. The molecule has 1 aliphatic heterocycles. The Labute approximate surface area is 156 Å². The number of carbonyl (C=O) groups is 1. The molecule has 1 fully saturated rings. The van der Waals surface area contributed by atoms with Gasteiger partial charge in [0.2, 0.25) is 0 Å². The van der Waals surface area contributed by atoms with Crippen molar-refractivity contribution in [1.29, 1.82) is 0 Å². The van der Waals surface area contributed by atoms with Gasteiger partial charge in [-0.15, -0.1) is 0 Å². The van der Waals surface area contributed by atoms with Gasteiger partial charge >= 0.3 is 0 Å². The van der Waals surface area contributed by atoms with E-state index in [0.29, 0.717) is 5.69 Å². The van der Waals surface area contributed by atoms with Crippen molar-refractivity contribution in [3.63, 3.8) is 0 Å². The summed E-state index contributed by atoms with van der Waals surface area (Å²) in [5.41, 5.74) is 1.76. The van der Waals surface area contributed by atoms with Crippen molar-refractivity contribution >= 4 is 28.9 Å². The SMILES string of the molecule is O=C(Nc1ccc(CN2CCCCC2)cc1)c1ccc(Cl)c([N+](=O)[O-])c1. The molecule has 7 heteroatoms. The number of hydrogen-bond acceptors (Lipinski definition) is 4. The lowest BCUT2D eigenvalue weighted by atomic mass is 10.1. The first-order valence-electron chi connectivity index (χ1n) is 8.59. The second kappa shape index (κ2) is 8.29.